The van der Waals surface area contributed by atoms with E-state index in [1.807, 2.05) is 6.07 Å². The highest BCUT2D eigenvalue weighted by Crippen LogP contribution is 2.31. The van der Waals surface area contributed by atoms with E-state index in [0.29, 0.717) is 16.8 Å². The highest BCUT2D eigenvalue weighted by Gasteiger charge is 2.31. The van der Waals surface area contributed by atoms with Gasteiger partial charge in [-0.1, -0.05) is 42.5 Å². The van der Waals surface area contributed by atoms with E-state index in [1.165, 1.54) is 18.2 Å². The SMILES string of the molecule is N#Cc1cccc(NC(=O)COC(=O)c2nc(-c3ccccc3)n(-c3cccc(C(F)(F)F)c3)n2)c1. The third kappa shape index (κ3) is 5.56. The molecule has 8 nitrogen and oxygen atoms in total. The Hall–Kier alpha value is -4.98. The second kappa shape index (κ2) is 10.1. The number of benzene rings is 3. The van der Waals surface area contributed by atoms with Crippen LogP contribution < -0.4 is 5.32 Å². The number of carbonyl (C=O) groups is 2. The largest absolute Gasteiger partial charge is 0.450 e. The molecule has 1 amide bonds. The first kappa shape index (κ1) is 24.2. The molecule has 1 N–H and O–H groups in total. The molecule has 0 radical (unpaired) electrons. The summed E-state index contributed by atoms with van der Waals surface area (Å²) >= 11 is 0. The van der Waals surface area contributed by atoms with Crippen LogP contribution in [-0.4, -0.2) is 33.2 Å². The molecule has 0 aliphatic carbocycles. The summed E-state index contributed by atoms with van der Waals surface area (Å²) in [5.74, 6) is -2.04. The first-order valence-electron chi connectivity index (χ1n) is 10.4. The van der Waals surface area contributed by atoms with Gasteiger partial charge in [-0.25, -0.2) is 14.5 Å². The van der Waals surface area contributed by atoms with Crippen molar-refractivity contribution < 1.29 is 27.5 Å². The number of alkyl halides is 3. The topological polar surface area (TPSA) is 110 Å². The Bertz CT molecular complexity index is 1460. The highest BCUT2D eigenvalue weighted by atomic mass is 19.4. The molecule has 3 aromatic carbocycles. The number of halogens is 3. The van der Waals surface area contributed by atoms with E-state index in [4.69, 9.17) is 10.00 Å². The molecule has 0 fully saturated rings. The van der Waals surface area contributed by atoms with Crippen molar-refractivity contribution in [2.45, 2.75) is 6.18 Å². The lowest BCUT2D eigenvalue weighted by atomic mass is 10.2. The van der Waals surface area contributed by atoms with Crippen LogP contribution in [0.3, 0.4) is 0 Å². The van der Waals surface area contributed by atoms with E-state index in [-0.39, 0.29) is 11.5 Å². The normalized spacial score (nSPS) is 10.9. The Morgan fingerprint density at radius 2 is 1.75 bits per heavy atom. The maximum absolute atomic E-state index is 13.2. The number of anilines is 1. The number of ether oxygens (including phenoxy) is 1. The maximum atomic E-state index is 13.2. The van der Waals surface area contributed by atoms with Gasteiger partial charge in [0.1, 0.15) is 0 Å². The van der Waals surface area contributed by atoms with Crippen molar-refractivity contribution in [2.24, 2.45) is 0 Å². The number of carbonyl (C=O) groups excluding carboxylic acids is 2. The number of rotatable bonds is 6. The molecular formula is C25H16F3N5O3. The third-order valence-electron chi connectivity index (χ3n) is 4.85. The Morgan fingerprint density at radius 3 is 2.47 bits per heavy atom. The van der Waals surface area contributed by atoms with Gasteiger partial charge in [-0.3, -0.25) is 4.79 Å². The minimum absolute atomic E-state index is 0.0327. The first-order chi connectivity index (χ1) is 17.2. The van der Waals surface area contributed by atoms with Crippen molar-refractivity contribution >= 4 is 17.6 Å². The van der Waals surface area contributed by atoms with Gasteiger partial charge in [-0.15, -0.1) is 5.10 Å². The summed E-state index contributed by atoms with van der Waals surface area (Å²) < 4.78 is 45.8. The van der Waals surface area contributed by atoms with Gasteiger partial charge in [0.15, 0.2) is 12.4 Å². The van der Waals surface area contributed by atoms with Crippen molar-refractivity contribution in [2.75, 3.05) is 11.9 Å². The van der Waals surface area contributed by atoms with Gasteiger partial charge >= 0.3 is 12.1 Å². The standard InChI is InChI=1S/C25H16F3N5O3/c26-25(27,28)18-9-5-11-20(13-18)33-23(17-7-2-1-3-8-17)31-22(32-33)24(35)36-15-21(34)30-19-10-4-6-16(12-19)14-29/h1-13H,15H2,(H,30,34). The van der Waals surface area contributed by atoms with Crippen molar-refractivity contribution in [1.82, 2.24) is 14.8 Å². The van der Waals surface area contributed by atoms with Gasteiger partial charge in [-0.2, -0.15) is 18.4 Å². The van der Waals surface area contributed by atoms with Gasteiger partial charge in [0, 0.05) is 11.3 Å². The molecule has 180 valence electrons. The predicted octanol–water partition coefficient (Wildman–Crippen LogP) is 4.62. The Labute approximate surface area is 202 Å². The van der Waals surface area contributed by atoms with Crippen LogP contribution in [0.25, 0.3) is 17.1 Å². The molecule has 0 unspecified atom stereocenters. The van der Waals surface area contributed by atoms with E-state index >= 15 is 0 Å². The van der Waals surface area contributed by atoms with Gasteiger partial charge < -0.3 is 10.1 Å². The van der Waals surface area contributed by atoms with E-state index in [0.717, 1.165) is 16.8 Å². The third-order valence-corrected chi connectivity index (χ3v) is 4.85. The van der Waals surface area contributed by atoms with Crippen molar-refractivity contribution in [3.8, 4) is 23.1 Å². The summed E-state index contributed by atoms with van der Waals surface area (Å²) in [5.41, 5.74) is 0.314. The van der Waals surface area contributed by atoms with Crippen LogP contribution in [0.5, 0.6) is 0 Å². The van der Waals surface area contributed by atoms with Crippen LogP contribution >= 0.6 is 0 Å². The fourth-order valence-electron chi connectivity index (χ4n) is 3.23. The zero-order valence-electron chi connectivity index (χ0n) is 18.4. The van der Waals surface area contributed by atoms with Crippen molar-refractivity contribution in [3.63, 3.8) is 0 Å². The second-order valence-electron chi connectivity index (χ2n) is 7.40. The van der Waals surface area contributed by atoms with Crippen molar-refractivity contribution in [1.29, 1.82) is 5.26 Å². The zero-order valence-corrected chi connectivity index (χ0v) is 18.4. The number of hydrogen-bond donors (Lipinski definition) is 1. The van der Waals surface area contributed by atoms with Crippen LogP contribution in [0.15, 0.2) is 78.9 Å². The number of esters is 1. The quantitative estimate of drug-likeness (QED) is 0.394. The number of nitrogens with zero attached hydrogens (tertiary/aromatic N) is 4. The van der Waals surface area contributed by atoms with Gasteiger partial charge in [0.2, 0.25) is 0 Å². The summed E-state index contributed by atoms with van der Waals surface area (Å²) in [4.78, 5) is 28.9. The first-order valence-corrected chi connectivity index (χ1v) is 10.4. The molecule has 1 heterocycles. The van der Waals surface area contributed by atoms with E-state index in [2.05, 4.69) is 15.4 Å². The number of hydrogen-bond acceptors (Lipinski definition) is 6. The average Bonchev–Trinajstić information content (AvgIpc) is 3.33. The molecule has 4 rings (SSSR count). The maximum Gasteiger partial charge on any atom is 0.416 e. The van der Waals surface area contributed by atoms with Gasteiger partial charge in [-0.05, 0) is 36.4 Å². The zero-order chi connectivity index (χ0) is 25.7. The van der Waals surface area contributed by atoms with Crippen LogP contribution in [0.4, 0.5) is 18.9 Å². The number of aromatic nitrogens is 3. The van der Waals surface area contributed by atoms with Gasteiger partial charge in [0.05, 0.1) is 22.9 Å². The lowest BCUT2D eigenvalue weighted by molar-refractivity contribution is -0.137. The fourth-order valence-corrected chi connectivity index (χ4v) is 3.23. The Balaban J connectivity index is 1.57. The average molecular weight is 491 g/mol. The molecule has 0 atom stereocenters. The lowest BCUT2D eigenvalue weighted by Gasteiger charge is -2.10. The summed E-state index contributed by atoms with van der Waals surface area (Å²) in [6.45, 7) is -0.672. The van der Waals surface area contributed by atoms with E-state index < -0.39 is 36.0 Å². The van der Waals surface area contributed by atoms with E-state index in [9.17, 15) is 22.8 Å². The van der Waals surface area contributed by atoms with Crippen LogP contribution in [-0.2, 0) is 15.7 Å². The minimum Gasteiger partial charge on any atom is -0.450 e. The molecule has 4 aromatic rings. The molecule has 0 aliphatic heterocycles. The molecule has 1 aromatic heterocycles. The highest BCUT2D eigenvalue weighted by molar-refractivity contribution is 5.94. The summed E-state index contributed by atoms with van der Waals surface area (Å²) in [6.07, 6.45) is -4.58. The summed E-state index contributed by atoms with van der Waals surface area (Å²) in [7, 11) is 0. The molecular weight excluding hydrogens is 475 g/mol. The number of amides is 1. The fraction of sp³-hybridized carbons (Fsp3) is 0.0800. The van der Waals surface area contributed by atoms with Crippen LogP contribution in [0.1, 0.15) is 21.7 Å². The molecule has 0 saturated heterocycles. The Morgan fingerprint density at radius 1 is 1.00 bits per heavy atom. The summed E-state index contributed by atoms with van der Waals surface area (Å²) in [6, 6.07) is 21.0. The molecule has 36 heavy (non-hydrogen) atoms. The second-order valence-corrected chi connectivity index (χ2v) is 7.40. The Kier molecular flexibility index (Phi) is 6.78. The summed E-state index contributed by atoms with van der Waals surface area (Å²) in [5, 5.41) is 15.5. The minimum atomic E-state index is -4.58. The monoisotopic (exact) mass is 491 g/mol. The lowest BCUT2D eigenvalue weighted by Crippen LogP contribution is -2.21. The molecule has 0 spiro atoms. The van der Waals surface area contributed by atoms with Gasteiger partial charge in [0.25, 0.3) is 11.7 Å². The van der Waals surface area contributed by atoms with Crippen LogP contribution in [0.2, 0.25) is 0 Å². The van der Waals surface area contributed by atoms with Crippen molar-refractivity contribution in [3.05, 3.63) is 95.8 Å². The molecule has 0 aliphatic rings. The number of nitrogens with one attached hydrogen (secondary N) is 1. The molecule has 0 saturated carbocycles. The van der Waals surface area contributed by atoms with Crippen LogP contribution in [0, 0.1) is 11.3 Å². The smallest absolute Gasteiger partial charge is 0.416 e. The molecule has 11 heteroatoms. The molecule has 0 bridgehead atoms. The van der Waals surface area contributed by atoms with E-state index in [1.54, 1.807) is 48.5 Å². The predicted molar refractivity (Wildman–Crippen MR) is 122 cm³/mol. The number of nitriles is 1.